The van der Waals surface area contributed by atoms with Crippen LogP contribution in [0.25, 0.3) is 0 Å². The van der Waals surface area contributed by atoms with E-state index in [0.29, 0.717) is 5.75 Å². The van der Waals surface area contributed by atoms with Crippen LogP contribution in [0.5, 0.6) is 0 Å². The molecule has 0 radical (unpaired) electrons. The van der Waals surface area contributed by atoms with E-state index in [4.69, 9.17) is 4.74 Å². The summed E-state index contributed by atoms with van der Waals surface area (Å²) in [6.07, 6.45) is 0.728. The number of nitrogens with one attached hydrogen (secondary N) is 1. The summed E-state index contributed by atoms with van der Waals surface area (Å²) in [5, 5.41) is 3.40. The maximum absolute atomic E-state index is 11.4. The van der Waals surface area contributed by atoms with Crippen LogP contribution in [0.1, 0.15) is 20.3 Å². The van der Waals surface area contributed by atoms with E-state index in [9.17, 15) is 8.42 Å². The Morgan fingerprint density at radius 2 is 2.00 bits per heavy atom. The quantitative estimate of drug-likeness (QED) is 0.756. The van der Waals surface area contributed by atoms with Gasteiger partial charge in [-0.3, -0.25) is 0 Å². The van der Waals surface area contributed by atoms with Crippen LogP contribution in [0, 0.1) is 5.41 Å². The summed E-state index contributed by atoms with van der Waals surface area (Å²) in [4.78, 5) is 0. The SMILES string of the molecule is CC1(CNC2(C)CCS(=O)(=O)C2)COC1. The standard InChI is InChI=1S/C10H19NO3S/c1-9(6-14-7-9)5-11-10(2)3-4-15(12,13)8-10/h11H,3-8H2,1-2H3. The Morgan fingerprint density at radius 1 is 1.33 bits per heavy atom. The van der Waals surface area contributed by atoms with Crippen LogP contribution in [-0.4, -0.2) is 45.2 Å². The average molecular weight is 233 g/mol. The molecule has 2 aliphatic rings. The third-order valence-electron chi connectivity index (χ3n) is 3.35. The largest absolute Gasteiger partial charge is 0.380 e. The van der Waals surface area contributed by atoms with E-state index in [1.165, 1.54) is 0 Å². The molecule has 2 aliphatic heterocycles. The minimum atomic E-state index is -2.80. The average Bonchev–Trinajstić information content (AvgIpc) is 2.35. The fraction of sp³-hybridized carbons (Fsp3) is 1.00. The van der Waals surface area contributed by atoms with Gasteiger partial charge < -0.3 is 10.1 Å². The number of hydrogen-bond donors (Lipinski definition) is 1. The summed E-state index contributed by atoms with van der Waals surface area (Å²) in [6.45, 7) is 6.57. The zero-order chi connectivity index (χ0) is 11.2. The second-order valence-electron chi connectivity index (χ2n) is 5.56. The molecule has 0 aliphatic carbocycles. The van der Waals surface area contributed by atoms with Crippen LogP contribution >= 0.6 is 0 Å². The zero-order valence-electron chi connectivity index (χ0n) is 9.38. The lowest BCUT2D eigenvalue weighted by molar-refractivity contribution is -0.101. The first-order valence-corrected chi connectivity index (χ1v) is 7.18. The van der Waals surface area contributed by atoms with Gasteiger partial charge in [0.1, 0.15) is 0 Å². The summed E-state index contributed by atoms with van der Waals surface area (Å²) in [6, 6.07) is 0. The number of sulfone groups is 1. The topological polar surface area (TPSA) is 55.4 Å². The summed E-state index contributed by atoms with van der Waals surface area (Å²) < 4.78 is 27.9. The molecule has 2 heterocycles. The van der Waals surface area contributed by atoms with Gasteiger partial charge in [-0.25, -0.2) is 8.42 Å². The van der Waals surface area contributed by atoms with Crippen molar-refractivity contribution in [3.8, 4) is 0 Å². The molecule has 0 spiro atoms. The van der Waals surface area contributed by atoms with Gasteiger partial charge in [0.25, 0.3) is 0 Å². The fourth-order valence-electron chi connectivity index (χ4n) is 2.13. The fourth-order valence-corrected chi connectivity index (χ4v) is 4.25. The van der Waals surface area contributed by atoms with Gasteiger partial charge in [-0.2, -0.15) is 0 Å². The molecular formula is C10H19NO3S. The highest BCUT2D eigenvalue weighted by atomic mass is 32.2. The van der Waals surface area contributed by atoms with E-state index in [1.54, 1.807) is 0 Å². The normalized spacial score (nSPS) is 37.5. The molecule has 4 nitrogen and oxygen atoms in total. The zero-order valence-corrected chi connectivity index (χ0v) is 10.2. The molecule has 5 heteroatoms. The lowest BCUT2D eigenvalue weighted by Gasteiger charge is -2.40. The molecule has 1 unspecified atom stereocenters. The van der Waals surface area contributed by atoms with Crippen LogP contribution in [0.4, 0.5) is 0 Å². The van der Waals surface area contributed by atoms with Crippen LogP contribution in [0.2, 0.25) is 0 Å². The Labute approximate surface area is 91.3 Å². The first-order chi connectivity index (χ1) is 6.83. The molecule has 0 aromatic rings. The second kappa shape index (κ2) is 3.43. The summed E-state index contributed by atoms with van der Waals surface area (Å²) in [5.74, 6) is 0.598. The number of rotatable bonds is 3. The Balaban J connectivity index is 1.89. The highest BCUT2D eigenvalue weighted by Crippen LogP contribution is 2.28. The monoisotopic (exact) mass is 233 g/mol. The van der Waals surface area contributed by atoms with Gasteiger partial charge in [-0.1, -0.05) is 6.92 Å². The van der Waals surface area contributed by atoms with Gasteiger partial charge >= 0.3 is 0 Å². The van der Waals surface area contributed by atoms with E-state index in [1.807, 2.05) is 6.92 Å². The van der Waals surface area contributed by atoms with Crippen LogP contribution < -0.4 is 5.32 Å². The Morgan fingerprint density at radius 3 is 2.40 bits per heavy atom. The maximum atomic E-state index is 11.4. The predicted molar refractivity (Wildman–Crippen MR) is 58.6 cm³/mol. The van der Waals surface area contributed by atoms with E-state index < -0.39 is 9.84 Å². The van der Waals surface area contributed by atoms with Crippen molar-refractivity contribution in [1.29, 1.82) is 0 Å². The summed E-state index contributed by atoms with van der Waals surface area (Å²) in [7, 11) is -2.80. The molecular weight excluding hydrogens is 214 g/mol. The van der Waals surface area contributed by atoms with Crippen molar-refractivity contribution in [1.82, 2.24) is 5.32 Å². The lowest BCUT2D eigenvalue weighted by Crippen LogP contribution is -2.54. The number of ether oxygens (including phenoxy) is 1. The second-order valence-corrected chi connectivity index (χ2v) is 7.74. The van der Waals surface area contributed by atoms with Crippen molar-refractivity contribution in [2.45, 2.75) is 25.8 Å². The van der Waals surface area contributed by atoms with E-state index in [2.05, 4.69) is 12.2 Å². The summed E-state index contributed by atoms with van der Waals surface area (Å²) in [5.41, 5.74) is -0.0210. The van der Waals surface area contributed by atoms with Crippen LogP contribution in [0.3, 0.4) is 0 Å². The molecule has 1 atom stereocenters. The highest BCUT2D eigenvalue weighted by Gasteiger charge is 2.41. The molecule has 0 amide bonds. The lowest BCUT2D eigenvalue weighted by atomic mass is 9.87. The third kappa shape index (κ3) is 2.52. The first kappa shape index (κ1) is 11.4. The van der Waals surface area contributed by atoms with Crippen molar-refractivity contribution in [2.24, 2.45) is 5.41 Å². The molecule has 15 heavy (non-hydrogen) atoms. The van der Waals surface area contributed by atoms with Crippen LogP contribution in [0.15, 0.2) is 0 Å². The Bertz CT molecular complexity index is 348. The minimum Gasteiger partial charge on any atom is -0.380 e. The molecule has 0 aromatic heterocycles. The van der Waals surface area contributed by atoms with Gasteiger partial charge in [0.15, 0.2) is 9.84 Å². The molecule has 0 saturated carbocycles. The predicted octanol–water partition coefficient (Wildman–Crippen LogP) is 0.190. The van der Waals surface area contributed by atoms with Crippen molar-refractivity contribution in [3.63, 3.8) is 0 Å². The van der Waals surface area contributed by atoms with Crippen molar-refractivity contribution < 1.29 is 13.2 Å². The minimum absolute atomic E-state index is 0.204. The van der Waals surface area contributed by atoms with Gasteiger partial charge in [0, 0.05) is 17.5 Å². The van der Waals surface area contributed by atoms with Gasteiger partial charge in [0.2, 0.25) is 0 Å². The van der Waals surface area contributed by atoms with Crippen molar-refractivity contribution >= 4 is 9.84 Å². The summed E-state index contributed by atoms with van der Waals surface area (Å²) >= 11 is 0. The van der Waals surface area contributed by atoms with Gasteiger partial charge in [-0.15, -0.1) is 0 Å². The Hall–Kier alpha value is -0.130. The molecule has 2 fully saturated rings. The molecule has 2 saturated heterocycles. The van der Waals surface area contributed by atoms with Gasteiger partial charge in [-0.05, 0) is 13.3 Å². The van der Waals surface area contributed by atoms with E-state index in [-0.39, 0.29) is 16.7 Å². The van der Waals surface area contributed by atoms with Gasteiger partial charge in [0.05, 0.1) is 24.7 Å². The maximum Gasteiger partial charge on any atom is 0.152 e. The highest BCUT2D eigenvalue weighted by molar-refractivity contribution is 7.91. The van der Waals surface area contributed by atoms with Crippen molar-refractivity contribution in [2.75, 3.05) is 31.3 Å². The smallest absolute Gasteiger partial charge is 0.152 e. The van der Waals surface area contributed by atoms with E-state index >= 15 is 0 Å². The van der Waals surface area contributed by atoms with Crippen molar-refractivity contribution in [3.05, 3.63) is 0 Å². The first-order valence-electron chi connectivity index (χ1n) is 5.36. The molecule has 0 bridgehead atoms. The van der Waals surface area contributed by atoms with Crippen LogP contribution in [-0.2, 0) is 14.6 Å². The third-order valence-corrected chi connectivity index (χ3v) is 5.25. The molecule has 2 rings (SSSR count). The molecule has 88 valence electrons. The number of hydrogen-bond acceptors (Lipinski definition) is 4. The molecule has 0 aromatic carbocycles. The Kier molecular flexibility index (Phi) is 2.60. The van der Waals surface area contributed by atoms with E-state index in [0.717, 1.165) is 26.2 Å². The molecule has 1 N–H and O–H groups in total.